The zero-order valence-electron chi connectivity index (χ0n) is 17.4. The van der Waals surface area contributed by atoms with E-state index in [-0.39, 0.29) is 27.8 Å². The van der Waals surface area contributed by atoms with Crippen molar-refractivity contribution in [2.75, 3.05) is 0 Å². The molecule has 0 saturated carbocycles. The summed E-state index contributed by atoms with van der Waals surface area (Å²) in [5.41, 5.74) is -0.975. The minimum Gasteiger partial charge on any atom is -0.507 e. The van der Waals surface area contributed by atoms with Crippen LogP contribution >= 0.6 is 0 Å². The summed E-state index contributed by atoms with van der Waals surface area (Å²) in [7, 11) is 0. The van der Waals surface area contributed by atoms with E-state index < -0.39 is 57.5 Å². The van der Waals surface area contributed by atoms with Gasteiger partial charge in [-0.05, 0) is 17.7 Å². The van der Waals surface area contributed by atoms with Crippen molar-refractivity contribution in [2.24, 2.45) is 0 Å². The van der Waals surface area contributed by atoms with E-state index in [1.165, 1.54) is 48.5 Å². The molecule has 0 bridgehead atoms. The van der Waals surface area contributed by atoms with E-state index in [0.717, 1.165) is 12.1 Å². The third kappa shape index (κ3) is 3.02. The molecule has 0 unspecified atom stereocenters. The molecule has 0 aliphatic heterocycles. The maximum absolute atomic E-state index is 14.2. The Balaban J connectivity index is 1.87. The van der Waals surface area contributed by atoms with Crippen LogP contribution in [0.1, 0.15) is 43.3 Å². The third-order valence-corrected chi connectivity index (χ3v) is 6.02. The molecule has 0 aromatic heterocycles. The average molecular weight is 454 g/mol. The van der Waals surface area contributed by atoms with Crippen molar-refractivity contribution in [3.63, 3.8) is 0 Å². The van der Waals surface area contributed by atoms with Crippen LogP contribution in [0.5, 0.6) is 0 Å². The first-order valence-electron chi connectivity index (χ1n) is 10.3. The fourth-order valence-corrected chi connectivity index (χ4v) is 4.47. The number of allylic oxidation sites excluding steroid dienone is 2. The molecule has 3 aromatic carbocycles. The van der Waals surface area contributed by atoms with Gasteiger partial charge in [-0.1, -0.05) is 60.7 Å². The molecule has 0 atom stereocenters. The van der Waals surface area contributed by atoms with Gasteiger partial charge >= 0.3 is 0 Å². The number of Topliss-reactive ketones (excluding diaryl/α,β-unsaturated/α-hetero) is 4. The van der Waals surface area contributed by atoms with E-state index in [0.29, 0.717) is 0 Å². The lowest BCUT2D eigenvalue weighted by molar-refractivity contribution is -0.112. The first kappa shape index (κ1) is 21.2. The summed E-state index contributed by atoms with van der Waals surface area (Å²) in [5.74, 6) is -7.57. The molecule has 3 aromatic rings. The van der Waals surface area contributed by atoms with Crippen LogP contribution in [0.25, 0.3) is 11.5 Å². The summed E-state index contributed by atoms with van der Waals surface area (Å²) in [6.45, 7) is 0. The maximum atomic E-state index is 14.2. The molecule has 5 rings (SSSR count). The van der Waals surface area contributed by atoms with Crippen LogP contribution in [-0.2, 0) is 9.59 Å². The lowest BCUT2D eigenvalue weighted by Gasteiger charge is -2.29. The first-order valence-corrected chi connectivity index (χ1v) is 10.3. The highest BCUT2D eigenvalue weighted by molar-refractivity contribution is 6.55. The van der Waals surface area contributed by atoms with E-state index in [1.807, 2.05) is 0 Å². The van der Waals surface area contributed by atoms with E-state index >= 15 is 0 Å². The topological polar surface area (TPSA) is 109 Å². The molecule has 166 valence electrons. The van der Waals surface area contributed by atoms with Crippen molar-refractivity contribution < 1.29 is 33.8 Å². The Kier molecular flexibility index (Phi) is 4.83. The van der Waals surface area contributed by atoms with Gasteiger partial charge < -0.3 is 10.2 Å². The fraction of sp³-hybridized carbons (Fsp3) is 0.0370. The molecule has 2 N–H and O–H groups in total. The molecular formula is C27H15FO6. The third-order valence-electron chi connectivity index (χ3n) is 6.02. The summed E-state index contributed by atoms with van der Waals surface area (Å²) < 4.78 is 14.2. The van der Waals surface area contributed by atoms with Gasteiger partial charge in [0.2, 0.25) is 23.1 Å². The standard InChI is InChI=1S/C27H15FO6/c28-14-7-5-6-13(12-14)19(20-22(29)15-8-1-3-10-17(15)24(31)26(20)33)21-23(30)16-9-2-4-11-18(16)25(32)27(21)34/h1-12,19,29-30H. The second-order valence-corrected chi connectivity index (χ2v) is 7.92. The van der Waals surface area contributed by atoms with Crippen LogP contribution in [0.2, 0.25) is 0 Å². The minimum atomic E-state index is -1.58. The van der Waals surface area contributed by atoms with Crippen molar-refractivity contribution in [1.82, 2.24) is 0 Å². The molecule has 6 nitrogen and oxygen atoms in total. The molecular weight excluding hydrogens is 439 g/mol. The van der Waals surface area contributed by atoms with Crippen LogP contribution in [0, 0.1) is 5.82 Å². The Hall–Kier alpha value is -4.65. The predicted molar refractivity (Wildman–Crippen MR) is 120 cm³/mol. The van der Waals surface area contributed by atoms with Gasteiger partial charge in [-0.3, -0.25) is 19.2 Å². The number of halogens is 1. The number of aliphatic hydroxyl groups excluding tert-OH is 2. The maximum Gasteiger partial charge on any atom is 0.234 e. The van der Waals surface area contributed by atoms with Gasteiger partial charge in [0.05, 0.1) is 11.1 Å². The molecule has 0 saturated heterocycles. The van der Waals surface area contributed by atoms with Gasteiger partial charge in [-0.25, -0.2) is 4.39 Å². The number of fused-ring (bicyclic) bond motifs is 2. The lowest BCUT2D eigenvalue weighted by Crippen LogP contribution is -2.33. The van der Waals surface area contributed by atoms with Gasteiger partial charge in [0, 0.05) is 28.2 Å². The number of hydrogen-bond donors (Lipinski definition) is 2. The molecule has 2 aliphatic carbocycles. The number of ketones is 4. The zero-order chi connectivity index (χ0) is 24.1. The van der Waals surface area contributed by atoms with Crippen LogP contribution in [0.4, 0.5) is 4.39 Å². The van der Waals surface area contributed by atoms with Crippen molar-refractivity contribution >= 4 is 34.7 Å². The van der Waals surface area contributed by atoms with E-state index in [1.54, 1.807) is 12.1 Å². The summed E-state index contributed by atoms with van der Waals surface area (Å²) in [6, 6.07) is 16.6. The smallest absolute Gasteiger partial charge is 0.234 e. The Morgan fingerprint density at radius 2 is 1.00 bits per heavy atom. The molecule has 0 fully saturated rings. The van der Waals surface area contributed by atoms with Gasteiger partial charge in [0.1, 0.15) is 17.3 Å². The number of carbonyl (C=O) groups is 4. The monoisotopic (exact) mass is 454 g/mol. The summed E-state index contributed by atoms with van der Waals surface area (Å²) in [5, 5.41) is 22.2. The molecule has 0 amide bonds. The summed E-state index contributed by atoms with van der Waals surface area (Å²) in [4.78, 5) is 52.2. The second kappa shape index (κ2) is 7.74. The fourth-order valence-electron chi connectivity index (χ4n) is 4.47. The molecule has 0 spiro atoms. The van der Waals surface area contributed by atoms with Crippen LogP contribution in [0.3, 0.4) is 0 Å². The number of hydrogen-bond acceptors (Lipinski definition) is 6. The van der Waals surface area contributed by atoms with Crippen LogP contribution in [-0.4, -0.2) is 33.3 Å². The quantitative estimate of drug-likeness (QED) is 0.569. The van der Waals surface area contributed by atoms with Crippen LogP contribution in [0.15, 0.2) is 83.9 Å². The molecule has 0 heterocycles. The van der Waals surface area contributed by atoms with Crippen molar-refractivity contribution in [3.8, 4) is 0 Å². The Morgan fingerprint density at radius 1 is 0.559 bits per heavy atom. The predicted octanol–water partition coefficient (Wildman–Crippen LogP) is 4.38. The average Bonchev–Trinajstić information content (AvgIpc) is 2.85. The minimum absolute atomic E-state index is 0.00385. The summed E-state index contributed by atoms with van der Waals surface area (Å²) >= 11 is 0. The first-order chi connectivity index (χ1) is 16.3. The van der Waals surface area contributed by atoms with Crippen molar-refractivity contribution in [2.45, 2.75) is 5.92 Å². The van der Waals surface area contributed by atoms with Gasteiger partial charge in [-0.2, -0.15) is 0 Å². The summed E-state index contributed by atoms with van der Waals surface area (Å²) in [6.07, 6.45) is 0. The molecule has 7 heteroatoms. The van der Waals surface area contributed by atoms with E-state index in [2.05, 4.69) is 0 Å². The van der Waals surface area contributed by atoms with Crippen molar-refractivity contribution in [1.29, 1.82) is 0 Å². The van der Waals surface area contributed by atoms with E-state index in [4.69, 9.17) is 0 Å². The Labute approximate surface area is 192 Å². The Morgan fingerprint density at radius 3 is 1.44 bits per heavy atom. The Bertz CT molecular complexity index is 1420. The van der Waals surface area contributed by atoms with Gasteiger partial charge in [0.15, 0.2) is 0 Å². The largest absolute Gasteiger partial charge is 0.507 e. The highest BCUT2D eigenvalue weighted by Crippen LogP contribution is 2.44. The number of aliphatic hydroxyl groups is 2. The van der Waals surface area contributed by atoms with Crippen molar-refractivity contribution in [3.05, 3.63) is 118 Å². The normalized spacial score (nSPS) is 15.7. The number of rotatable bonds is 3. The highest BCUT2D eigenvalue weighted by Gasteiger charge is 2.45. The van der Waals surface area contributed by atoms with Crippen LogP contribution < -0.4 is 0 Å². The van der Waals surface area contributed by atoms with E-state index in [9.17, 15) is 33.8 Å². The highest BCUT2D eigenvalue weighted by atomic mass is 19.1. The van der Waals surface area contributed by atoms with Gasteiger partial charge in [-0.15, -0.1) is 0 Å². The zero-order valence-corrected chi connectivity index (χ0v) is 17.4. The lowest BCUT2D eigenvalue weighted by atomic mass is 9.72. The molecule has 2 aliphatic rings. The molecule has 0 radical (unpaired) electrons. The second-order valence-electron chi connectivity index (χ2n) is 7.92. The molecule has 34 heavy (non-hydrogen) atoms. The number of carbonyl (C=O) groups excluding carboxylic acids is 4. The SMILES string of the molecule is O=C1C(=O)c2ccccc2C(O)=C1C(C1=C(O)c2ccccc2C(=O)C1=O)c1cccc(F)c1. The van der Waals surface area contributed by atoms with Gasteiger partial charge in [0.25, 0.3) is 0 Å². The number of benzene rings is 3.